The molecule has 0 saturated carbocycles. The molecule has 0 unspecified atom stereocenters. The van der Waals surface area contributed by atoms with Crippen molar-refractivity contribution in [3.63, 3.8) is 0 Å². The monoisotopic (exact) mass is 402 g/mol. The number of rotatable bonds is 4. The van der Waals surface area contributed by atoms with Gasteiger partial charge in [-0.1, -0.05) is 18.2 Å². The molecule has 10 nitrogen and oxygen atoms in total. The van der Waals surface area contributed by atoms with Gasteiger partial charge in [0.05, 0.1) is 12.8 Å². The molecule has 2 aliphatic rings. The molecule has 0 bridgehead atoms. The van der Waals surface area contributed by atoms with Gasteiger partial charge in [-0.25, -0.2) is 4.68 Å². The summed E-state index contributed by atoms with van der Waals surface area (Å²) in [5, 5.41) is 16.0. The molecule has 0 aliphatic carbocycles. The molecule has 2 saturated heterocycles. The lowest BCUT2D eigenvalue weighted by Crippen LogP contribution is -2.32. The lowest BCUT2D eigenvalue weighted by Gasteiger charge is -2.24. The number of aromatic nitrogens is 2. The van der Waals surface area contributed by atoms with Gasteiger partial charge in [-0.3, -0.25) is 14.9 Å². The number of hydrogen-bond donors (Lipinski definition) is 3. The number of carbonyl (C=O) groups is 2. The van der Waals surface area contributed by atoms with E-state index >= 15 is 0 Å². The Morgan fingerprint density at radius 2 is 1.90 bits per heavy atom. The van der Waals surface area contributed by atoms with Gasteiger partial charge in [0.25, 0.3) is 11.8 Å². The number of ether oxygens (including phenoxy) is 3. The van der Waals surface area contributed by atoms with Crippen molar-refractivity contribution in [1.82, 2.24) is 15.1 Å². The first-order valence-electron chi connectivity index (χ1n) is 9.16. The molecule has 4 rings (SSSR count). The third-order valence-electron chi connectivity index (χ3n) is 4.89. The zero-order chi connectivity index (χ0) is 20.8. The molecule has 2 amide bonds. The van der Waals surface area contributed by atoms with Crippen LogP contribution in [0.5, 0.6) is 0 Å². The molecule has 0 radical (unpaired) electrons. The number of nitrogen functional groups attached to an aromatic ring is 1. The molecular formula is C19H22N4O6. The van der Waals surface area contributed by atoms with Gasteiger partial charge < -0.3 is 25.1 Å². The fourth-order valence-corrected chi connectivity index (χ4v) is 3.58. The third-order valence-corrected chi connectivity index (χ3v) is 4.89. The Bertz CT molecular complexity index is 928. The number of nitrogens with one attached hydrogen (secondary N) is 1. The van der Waals surface area contributed by atoms with Crippen molar-refractivity contribution in [3.8, 4) is 0 Å². The van der Waals surface area contributed by atoms with Crippen LogP contribution in [0.15, 0.2) is 36.5 Å². The smallest absolute Gasteiger partial charge is 0.263 e. The second-order valence-corrected chi connectivity index (χ2v) is 7.35. The Labute approximate surface area is 166 Å². The fraction of sp³-hybridized carbons (Fsp3) is 0.421. The predicted molar refractivity (Wildman–Crippen MR) is 99.7 cm³/mol. The van der Waals surface area contributed by atoms with E-state index in [9.17, 15) is 14.7 Å². The van der Waals surface area contributed by atoms with Crippen molar-refractivity contribution in [2.75, 3.05) is 12.3 Å². The van der Waals surface area contributed by atoms with Gasteiger partial charge in [0.1, 0.15) is 29.7 Å². The maximum Gasteiger partial charge on any atom is 0.263 e. The van der Waals surface area contributed by atoms with Crippen LogP contribution in [-0.2, 0) is 14.2 Å². The number of aliphatic hydroxyl groups excluding tert-OH is 1. The maximum absolute atomic E-state index is 12.5. The molecule has 2 fully saturated rings. The van der Waals surface area contributed by atoms with E-state index in [1.807, 2.05) is 0 Å². The molecule has 29 heavy (non-hydrogen) atoms. The van der Waals surface area contributed by atoms with E-state index in [2.05, 4.69) is 10.4 Å². The first-order valence-corrected chi connectivity index (χ1v) is 9.16. The standard InChI is InChI=1S/C19H22N4O6/c1-19(2)28-13-12(9-24)27-18(14(13)29-19)23-15(20)11(8-21-23)17(26)22-16(25)10-6-4-3-5-7-10/h3-8,12-14,18,24H,9,20H2,1-2H3,(H,22,25,26)/t12-,13-,14-,18-/m1/s1. The molecule has 1 aromatic carbocycles. The average molecular weight is 402 g/mol. The Balaban J connectivity index is 1.54. The first kappa shape index (κ1) is 19.5. The molecule has 154 valence electrons. The largest absolute Gasteiger partial charge is 0.394 e. The van der Waals surface area contributed by atoms with Gasteiger partial charge in [0.2, 0.25) is 0 Å². The van der Waals surface area contributed by atoms with Crippen LogP contribution in [0.4, 0.5) is 5.82 Å². The van der Waals surface area contributed by atoms with Crippen molar-refractivity contribution >= 4 is 17.6 Å². The maximum atomic E-state index is 12.5. The zero-order valence-corrected chi connectivity index (χ0v) is 15.9. The van der Waals surface area contributed by atoms with Crippen LogP contribution in [0.25, 0.3) is 0 Å². The number of hydrogen-bond acceptors (Lipinski definition) is 8. The summed E-state index contributed by atoms with van der Waals surface area (Å²) in [7, 11) is 0. The molecule has 2 aromatic rings. The summed E-state index contributed by atoms with van der Waals surface area (Å²) in [5.74, 6) is -2.07. The van der Waals surface area contributed by atoms with Gasteiger partial charge in [-0.15, -0.1) is 0 Å². The summed E-state index contributed by atoms with van der Waals surface area (Å²) in [6.07, 6.45) is -1.21. The normalized spacial score (nSPS) is 27.6. The van der Waals surface area contributed by atoms with E-state index in [0.717, 1.165) is 0 Å². The van der Waals surface area contributed by atoms with Crippen molar-refractivity contribution in [2.24, 2.45) is 0 Å². The molecule has 4 N–H and O–H groups in total. The summed E-state index contributed by atoms with van der Waals surface area (Å²) in [6, 6.07) is 8.35. The lowest BCUT2D eigenvalue weighted by molar-refractivity contribution is -0.201. The van der Waals surface area contributed by atoms with Gasteiger partial charge in [0, 0.05) is 5.56 Å². The van der Waals surface area contributed by atoms with E-state index in [0.29, 0.717) is 5.56 Å². The molecule has 10 heteroatoms. The highest BCUT2D eigenvalue weighted by Gasteiger charge is 2.56. The van der Waals surface area contributed by atoms with E-state index < -0.39 is 42.1 Å². The van der Waals surface area contributed by atoms with Crippen molar-refractivity contribution in [2.45, 2.75) is 44.2 Å². The summed E-state index contributed by atoms with van der Waals surface area (Å²) < 4.78 is 18.8. The highest BCUT2D eigenvalue weighted by atomic mass is 16.8. The molecular weight excluding hydrogens is 380 g/mol. The number of carbonyl (C=O) groups excluding carboxylic acids is 2. The SMILES string of the molecule is CC1(C)O[C@@H]2[C@H](O1)[C@@H](CO)O[C@H]2n1ncc(C(=O)NC(=O)c2ccccc2)c1N. The van der Waals surface area contributed by atoms with Crippen LogP contribution >= 0.6 is 0 Å². The minimum absolute atomic E-state index is 0.0130. The van der Waals surface area contributed by atoms with Gasteiger partial charge in [-0.05, 0) is 26.0 Å². The fourth-order valence-electron chi connectivity index (χ4n) is 3.58. The van der Waals surface area contributed by atoms with Gasteiger partial charge >= 0.3 is 0 Å². The number of benzene rings is 1. The zero-order valence-electron chi connectivity index (χ0n) is 15.9. The molecule has 4 atom stereocenters. The number of anilines is 1. The average Bonchev–Trinajstić information content (AvgIpc) is 3.32. The van der Waals surface area contributed by atoms with E-state index in [1.54, 1.807) is 44.2 Å². The van der Waals surface area contributed by atoms with Crippen LogP contribution in [0.1, 0.15) is 40.8 Å². The minimum atomic E-state index is -0.852. The van der Waals surface area contributed by atoms with Crippen LogP contribution < -0.4 is 11.1 Å². The van der Waals surface area contributed by atoms with E-state index in [-0.39, 0.29) is 18.0 Å². The van der Waals surface area contributed by atoms with Crippen LogP contribution in [-0.4, -0.2) is 57.4 Å². The summed E-state index contributed by atoms with van der Waals surface area (Å²) >= 11 is 0. The summed E-state index contributed by atoms with van der Waals surface area (Å²) in [5.41, 5.74) is 6.50. The molecule has 0 spiro atoms. The highest BCUT2D eigenvalue weighted by Crippen LogP contribution is 2.43. The van der Waals surface area contributed by atoms with E-state index in [4.69, 9.17) is 19.9 Å². The first-order chi connectivity index (χ1) is 13.8. The quantitative estimate of drug-likeness (QED) is 0.627. The Morgan fingerprint density at radius 3 is 2.59 bits per heavy atom. The Kier molecular flexibility index (Phi) is 4.87. The summed E-state index contributed by atoms with van der Waals surface area (Å²) in [6.45, 7) is 3.26. The number of amides is 2. The van der Waals surface area contributed by atoms with Crippen molar-refractivity contribution in [1.29, 1.82) is 0 Å². The van der Waals surface area contributed by atoms with Crippen LogP contribution in [0.3, 0.4) is 0 Å². The molecule has 2 aliphatic heterocycles. The number of nitrogens with two attached hydrogens (primary N) is 1. The second-order valence-electron chi connectivity index (χ2n) is 7.35. The number of nitrogens with zero attached hydrogens (tertiary/aromatic N) is 2. The predicted octanol–water partition coefficient (Wildman–Crippen LogP) is 0.445. The number of imide groups is 1. The topological polar surface area (TPSA) is 138 Å². The van der Waals surface area contributed by atoms with Crippen molar-refractivity contribution in [3.05, 3.63) is 47.7 Å². The molecule has 1 aromatic heterocycles. The Morgan fingerprint density at radius 1 is 1.21 bits per heavy atom. The second kappa shape index (κ2) is 7.23. The van der Waals surface area contributed by atoms with Crippen molar-refractivity contribution < 1.29 is 28.9 Å². The van der Waals surface area contributed by atoms with E-state index in [1.165, 1.54) is 10.9 Å². The van der Waals surface area contributed by atoms with Gasteiger partial charge in [0.15, 0.2) is 12.0 Å². The minimum Gasteiger partial charge on any atom is -0.394 e. The van der Waals surface area contributed by atoms with Crippen LogP contribution in [0, 0.1) is 0 Å². The van der Waals surface area contributed by atoms with Crippen LogP contribution in [0.2, 0.25) is 0 Å². The number of aliphatic hydroxyl groups is 1. The lowest BCUT2D eigenvalue weighted by atomic mass is 10.1. The summed E-state index contributed by atoms with van der Waals surface area (Å²) in [4.78, 5) is 24.7. The molecule has 3 heterocycles. The Hall–Kier alpha value is -2.79. The highest BCUT2D eigenvalue weighted by molar-refractivity contribution is 6.11. The number of fused-ring (bicyclic) bond motifs is 1. The third kappa shape index (κ3) is 3.51. The van der Waals surface area contributed by atoms with Gasteiger partial charge in [-0.2, -0.15) is 5.10 Å².